The number of amides is 1. The lowest BCUT2D eigenvalue weighted by atomic mass is 10.2. The van der Waals surface area contributed by atoms with Crippen LogP contribution in [0, 0.1) is 0 Å². The molecule has 0 fully saturated rings. The molecule has 1 rings (SSSR count). The molecule has 0 saturated heterocycles. The first-order valence-electron chi connectivity index (χ1n) is 6.80. The number of benzene rings is 1. The van der Waals surface area contributed by atoms with Gasteiger partial charge in [0.2, 0.25) is 0 Å². The molecule has 0 radical (unpaired) electrons. The predicted molar refractivity (Wildman–Crippen MR) is 76.9 cm³/mol. The Hall–Kier alpha value is -1.75. The van der Waals surface area contributed by atoms with Gasteiger partial charge in [-0.2, -0.15) is 0 Å². The first-order valence-corrected chi connectivity index (χ1v) is 6.80. The van der Waals surface area contributed by atoms with Crippen LogP contribution in [0.25, 0.3) is 0 Å². The van der Waals surface area contributed by atoms with Crippen molar-refractivity contribution in [1.82, 2.24) is 5.32 Å². The number of aliphatic hydroxyl groups is 1. The van der Waals surface area contributed by atoms with Crippen molar-refractivity contribution in [3.8, 4) is 11.5 Å². The second-order valence-electron chi connectivity index (χ2n) is 4.68. The van der Waals surface area contributed by atoms with Crippen molar-refractivity contribution >= 4 is 5.91 Å². The van der Waals surface area contributed by atoms with Crippen molar-refractivity contribution in [2.75, 3.05) is 13.7 Å². The van der Waals surface area contributed by atoms with Gasteiger partial charge in [0.1, 0.15) is 11.5 Å². The lowest BCUT2D eigenvalue weighted by Crippen LogP contribution is -2.36. The van der Waals surface area contributed by atoms with Crippen molar-refractivity contribution in [2.45, 2.75) is 39.3 Å². The molecule has 0 heterocycles. The van der Waals surface area contributed by atoms with E-state index in [0.29, 0.717) is 17.1 Å². The highest BCUT2D eigenvalue weighted by Crippen LogP contribution is 2.24. The molecule has 0 aromatic heterocycles. The maximum atomic E-state index is 11.7. The third kappa shape index (κ3) is 5.09. The zero-order valence-electron chi connectivity index (χ0n) is 12.3. The average molecular weight is 281 g/mol. The maximum absolute atomic E-state index is 11.7. The minimum Gasteiger partial charge on any atom is -0.497 e. The Morgan fingerprint density at radius 1 is 1.45 bits per heavy atom. The monoisotopic (exact) mass is 281 g/mol. The van der Waals surface area contributed by atoms with Crippen molar-refractivity contribution in [2.24, 2.45) is 0 Å². The zero-order chi connectivity index (χ0) is 15.0. The van der Waals surface area contributed by atoms with Crippen LogP contribution in [-0.2, 0) is 11.4 Å². The van der Waals surface area contributed by atoms with E-state index in [1.165, 1.54) is 0 Å². The van der Waals surface area contributed by atoms with Crippen LogP contribution in [0.3, 0.4) is 0 Å². The van der Waals surface area contributed by atoms with Crippen LogP contribution in [0.2, 0.25) is 0 Å². The fourth-order valence-corrected chi connectivity index (χ4v) is 1.91. The molecule has 1 aromatic carbocycles. The molecule has 1 amide bonds. The van der Waals surface area contributed by atoms with Gasteiger partial charge in [0.25, 0.3) is 5.91 Å². The van der Waals surface area contributed by atoms with Gasteiger partial charge < -0.3 is 19.9 Å². The van der Waals surface area contributed by atoms with Gasteiger partial charge in [-0.15, -0.1) is 0 Å². The number of aliphatic hydroxyl groups excluding tert-OH is 1. The quantitative estimate of drug-likeness (QED) is 0.763. The highest BCUT2D eigenvalue weighted by Gasteiger charge is 2.10. The van der Waals surface area contributed by atoms with Crippen molar-refractivity contribution in [3.63, 3.8) is 0 Å². The Morgan fingerprint density at radius 3 is 2.80 bits per heavy atom. The second-order valence-corrected chi connectivity index (χ2v) is 4.68. The van der Waals surface area contributed by atoms with Gasteiger partial charge in [0.15, 0.2) is 6.61 Å². The first-order chi connectivity index (χ1) is 9.60. The van der Waals surface area contributed by atoms with Crippen LogP contribution in [0.1, 0.15) is 32.3 Å². The van der Waals surface area contributed by atoms with Crippen LogP contribution in [0.4, 0.5) is 0 Å². The molecule has 0 spiro atoms. The van der Waals surface area contributed by atoms with Crippen molar-refractivity contribution in [1.29, 1.82) is 0 Å². The molecule has 20 heavy (non-hydrogen) atoms. The molecular weight excluding hydrogens is 258 g/mol. The van der Waals surface area contributed by atoms with E-state index < -0.39 is 0 Å². The van der Waals surface area contributed by atoms with Crippen LogP contribution in [0.15, 0.2) is 18.2 Å². The number of nitrogens with one attached hydrogen (secondary N) is 1. The number of hydrogen-bond donors (Lipinski definition) is 2. The summed E-state index contributed by atoms with van der Waals surface area (Å²) in [7, 11) is 1.56. The molecular formula is C15H23NO4. The first kappa shape index (κ1) is 16.3. The molecule has 5 heteroatoms. The van der Waals surface area contributed by atoms with E-state index in [0.717, 1.165) is 12.8 Å². The van der Waals surface area contributed by atoms with E-state index in [9.17, 15) is 9.90 Å². The number of rotatable bonds is 8. The predicted octanol–water partition coefficient (Wildman–Crippen LogP) is 1.87. The molecule has 0 aliphatic heterocycles. The van der Waals surface area contributed by atoms with E-state index in [1.807, 2.05) is 6.92 Å². The largest absolute Gasteiger partial charge is 0.497 e. The van der Waals surface area contributed by atoms with Gasteiger partial charge in [0.05, 0.1) is 13.7 Å². The minimum absolute atomic E-state index is 0.0621. The summed E-state index contributed by atoms with van der Waals surface area (Å²) in [6.45, 7) is 3.81. The summed E-state index contributed by atoms with van der Waals surface area (Å²) in [5.74, 6) is 0.972. The number of methoxy groups -OCH3 is 1. The number of hydrogen-bond acceptors (Lipinski definition) is 4. The molecule has 112 valence electrons. The Kier molecular flexibility index (Phi) is 6.87. The van der Waals surface area contributed by atoms with Crippen LogP contribution >= 0.6 is 0 Å². The topological polar surface area (TPSA) is 67.8 Å². The summed E-state index contributed by atoms with van der Waals surface area (Å²) in [5, 5.41) is 12.1. The Labute approximate surface area is 119 Å². The van der Waals surface area contributed by atoms with Crippen molar-refractivity contribution < 1.29 is 19.4 Å². The van der Waals surface area contributed by atoms with Gasteiger partial charge in [-0.1, -0.05) is 13.3 Å². The third-order valence-electron chi connectivity index (χ3n) is 2.93. The van der Waals surface area contributed by atoms with E-state index in [1.54, 1.807) is 25.3 Å². The Morgan fingerprint density at radius 2 is 2.20 bits per heavy atom. The number of carbonyl (C=O) groups is 1. The van der Waals surface area contributed by atoms with Crippen molar-refractivity contribution in [3.05, 3.63) is 23.8 Å². The molecule has 1 atom stereocenters. The van der Waals surface area contributed by atoms with E-state index in [-0.39, 0.29) is 25.2 Å². The summed E-state index contributed by atoms with van der Waals surface area (Å²) in [6.07, 6.45) is 1.96. The summed E-state index contributed by atoms with van der Waals surface area (Å²) in [5.41, 5.74) is 0.596. The van der Waals surface area contributed by atoms with E-state index in [4.69, 9.17) is 9.47 Å². The summed E-state index contributed by atoms with van der Waals surface area (Å²) < 4.78 is 10.5. The molecule has 0 saturated carbocycles. The molecule has 0 aliphatic carbocycles. The standard InChI is InChI=1S/C15H23NO4/c1-4-5-11(2)16-15(18)10-20-14-7-6-13(19-3)8-12(14)9-17/h6-8,11,17H,4-5,9-10H2,1-3H3,(H,16,18). The van der Waals surface area contributed by atoms with Crippen LogP contribution < -0.4 is 14.8 Å². The minimum atomic E-state index is -0.166. The fraction of sp³-hybridized carbons (Fsp3) is 0.533. The van der Waals surface area contributed by atoms with Gasteiger partial charge >= 0.3 is 0 Å². The van der Waals surface area contributed by atoms with Crippen LogP contribution in [0.5, 0.6) is 11.5 Å². The van der Waals surface area contributed by atoms with E-state index >= 15 is 0 Å². The van der Waals surface area contributed by atoms with Gasteiger partial charge in [-0.05, 0) is 31.5 Å². The molecule has 1 aromatic rings. The summed E-state index contributed by atoms with van der Waals surface area (Å²) in [4.78, 5) is 11.7. The molecule has 5 nitrogen and oxygen atoms in total. The lowest BCUT2D eigenvalue weighted by Gasteiger charge is -2.14. The third-order valence-corrected chi connectivity index (χ3v) is 2.93. The maximum Gasteiger partial charge on any atom is 0.258 e. The number of ether oxygens (including phenoxy) is 2. The second kappa shape index (κ2) is 8.43. The van der Waals surface area contributed by atoms with Crippen LogP contribution in [-0.4, -0.2) is 30.8 Å². The lowest BCUT2D eigenvalue weighted by molar-refractivity contribution is -0.123. The highest BCUT2D eigenvalue weighted by molar-refractivity contribution is 5.77. The SMILES string of the molecule is CCCC(C)NC(=O)COc1ccc(OC)cc1CO. The Balaban J connectivity index is 2.54. The smallest absolute Gasteiger partial charge is 0.258 e. The average Bonchev–Trinajstić information content (AvgIpc) is 2.45. The Bertz CT molecular complexity index is 434. The normalized spacial score (nSPS) is 11.8. The highest BCUT2D eigenvalue weighted by atomic mass is 16.5. The number of carbonyl (C=O) groups excluding carboxylic acids is 1. The summed E-state index contributed by atoms with van der Waals surface area (Å²) >= 11 is 0. The van der Waals surface area contributed by atoms with Gasteiger partial charge in [0, 0.05) is 11.6 Å². The summed E-state index contributed by atoms with van der Waals surface area (Å²) in [6, 6.07) is 5.25. The molecule has 0 bridgehead atoms. The van der Waals surface area contributed by atoms with Gasteiger partial charge in [-0.3, -0.25) is 4.79 Å². The molecule has 2 N–H and O–H groups in total. The zero-order valence-corrected chi connectivity index (χ0v) is 12.3. The fourth-order valence-electron chi connectivity index (χ4n) is 1.91. The molecule has 0 aliphatic rings. The van der Waals surface area contributed by atoms with E-state index in [2.05, 4.69) is 12.2 Å². The molecule has 1 unspecified atom stereocenters. The van der Waals surface area contributed by atoms with Gasteiger partial charge in [-0.25, -0.2) is 0 Å².